The third kappa shape index (κ3) is 3.74. The Balaban J connectivity index is 1.56. The van der Waals surface area contributed by atoms with Gasteiger partial charge in [0.15, 0.2) is 0 Å². The van der Waals surface area contributed by atoms with E-state index < -0.39 is 10.0 Å². The molecule has 8 heteroatoms. The molecule has 2 atom stereocenters. The van der Waals surface area contributed by atoms with Crippen LogP contribution in [-0.2, 0) is 29.7 Å². The normalized spacial score (nSPS) is 22.8. The molecular formula is C19H25N3O4S. The average molecular weight is 391 g/mol. The van der Waals surface area contributed by atoms with Crippen LogP contribution in [-0.4, -0.2) is 48.6 Å². The van der Waals surface area contributed by atoms with Crippen LogP contribution < -0.4 is 5.56 Å². The first kappa shape index (κ1) is 18.5. The second-order valence-electron chi connectivity index (χ2n) is 7.88. The van der Waals surface area contributed by atoms with Crippen molar-refractivity contribution < 1.29 is 12.8 Å². The summed E-state index contributed by atoms with van der Waals surface area (Å²) in [5, 5.41) is 0. The van der Waals surface area contributed by atoms with E-state index in [0.29, 0.717) is 32.7 Å². The zero-order valence-electron chi connectivity index (χ0n) is 15.7. The van der Waals surface area contributed by atoms with Crippen LogP contribution in [0.5, 0.6) is 0 Å². The van der Waals surface area contributed by atoms with Gasteiger partial charge in [-0.1, -0.05) is 6.07 Å². The largest absolute Gasteiger partial charge is 0.472 e. The summed E-state index contributed by atoms with van der Waals surface area (Å²) < 4.78 is 32.4. The highest BCUT2D eigenvalue weighted by Gasteiger charge is 2.37. The SMILES string of the molecule is CN(Cc1ccoc1)Cc1ccc2n(c1=O)C[C@H]1C[C@@H]2CN(S(C)(=O)=O)C1. The molecule has 2 aromatic heterocycles. The Morgan fingerprint density at radius 1 is 1.19 bits per heavy atom. The first-order valence-corrected chi connectivity index (χ1v) is 11.0. The molecule has 27 heavy (non-hydrogen) atoms. The molecule has 0 aliphatic carbocycles. The van der Waals surface area contributed by atoms with E-state index in [1.807, 2.05) is 29.8 Å². The summed E-state index contributed by atoms with van der Waals surface area (Å²) in [4.78, 5) is 15.1. The lowest BCUT2D eigenvalue weighted by molar-refractivity contribution is 0.186. The van der Waals surface area contributed by atoms with Gasteiger partial charge >= 0.3 is 0 Å². The van der Waals surface area contributed by atoms with Crippen molar-refractivity contribution in [2.75, 3.05) is 26.4 Å². The first-order chi connectivity index (χ1) is 12.8. The quantitative estimate of drug-likeness (QED) is 0.771. The fourth-order valence-electron chi connectivity index (χ4n) is 4.38. The second kappa shape index (κ2) is 6.92. The summed E-state index contributed by atoms with van der Waals surface area (Å²) >= 11 is 0. The Kier molecular flexibility index (Phi) is 4.73. The molecule has 0 saturated carbocycles. The van der Waals surface area contributed by atoms with Gasteiger partial charge < -0.3 is 8.98 Å². The van der Waals surface area contributed by atoms with Gasteiger partial charge in [0, 0.05) is 55.5 Å². The van der Waals surface area contributed by atoms with Crippen LogP contribution in [0.4, 0.5) is 0 Å². The van der Waals surface area contributed by atoms with Crippen molar-refractivity contribution >= 4 is 10.0 Å². The number of hydrogen-bond donors (Lipinski definition) is 0. The van der Waals surface area contributed by atoms with Crippen LogP contribution in [0.2, 0.25) is 0 Å². The van der Waals surface area contributed by atoms with E-state index in [0.717, 1.165) is 23.2 Å². The Morgan fingerprint density at radius 3 is 2.70 bits per heavy atom. The van der Waals surface area contributed by atoms with Gasteiger partial charge in [-0.05, 0) is 31.5 Å². The summed E-state index contributed by atoms with van der Waals surface area (Å²) in [7, 11) is -1.22. The number of pyridine rings is 1. The highest BCUT2D eigenvalue weighted by Crippen LogP contribution is 2.36. The number of sulfonamides is 1. The van der Waals surface area contributed by atoms with Gasteiger partial charge in [0.2, 0.25) is 10.0 Å². The molecule has 2 aliphatic heterocycles. The second-order valence-corrected chi connectivity index (χ2v) is 9.86. The number of piperidine rings is 1. The number of hydrogen-bond acceptors (Lipinski definition) is 5. The van der Waals surface area contributed by atoms with Gasteiger partial charge in [0.25, 0.3) is 5.56 Å². The van der Waals surface area contributed by atoms with Crippen LogP contribution >= 0.6 is 0 Å². The van der Waals surface area contributed by atoms with Gasteiger partial charge in [-0.3, -0.25) is 9.69 Å². The Hall–Kier alpha value is -1.90. The van der Waals surface area contributed by atoms with Crippen LogP contribution in [0.1, 0.15) is 29.2 Å². The van der Waals surface area contributed by atoms with Gasteiger partial charge in [-0.25, -0.2) is 12.7 Å². The Morgan fingerprint density at radius 2 is 2.00 bits per heavy atom. The maximum Gasteiger partial charge on any atom is 0.255 e. The molecule has 0 N–H and O–H groups in total. The fraction of sp³-hybridized carbons (Fsp3) is 0.526. The lowest BCUT2D eigenvalue weighted by Crippen LogP contribution is -2.49. The van der Waals surface area contributed by atoms with Crippen molar-refractivity contribution in [2.45, 2.75) is 32.0 Å². The topological polar surface area (TPSA) is 75.8 Å². The van der Waals surface area contributed by atoms with E-state index in [9.17, 15) is 13.2 Å². The van der Waals surface area contributed by atoms with E-state index in [2.05, 4.69) is 4.90 Å². The minimum absolute atomic E-state index is 0.0500. The predicted octanol–water partition coefficient (Wildman–Crippen LogP) is 1.45. The number of nitrogens with zero attached hydrogens (tertiary/aromatic N) is 3. The molecule has 2 bridgehead atoms. The standard InChI is InChI=1S/C19H25N3O4S/c1-20(8-14-5-6-26-13-14)11-16-3-4-18-17-7-15(10-22(18)19(16)23)9-21(12-17)27(2,24)25/h3-6,13,15,17H,7-12H2,1-2H3/t15-,17+/m0/s1. The molecule has 1 fully saturated rings. The molecule has 1 saturated heterocycles. The van der Waals surface area contributed by atoms with E-state index in [4.69, 9.17) is 4.42 Å². The lowest BCUT2D eigenvalue weighted by Gasteiger charge is -2.41. The number of aromatic nitrogens is 1. The monoisotopic (exact) mass is 391 g/mol. The van der Waals surface area contributed by atoms with Crippen molar-refractivity contribution in [3.63, 3.8) is 0 Å². The molecule has 0 radical (unpaired) electrons. The van der Waals surface area contributed by atoms with Gasteiger partial charge in [-0.15, -0.1) is 0 Å². The van der Waals surface area contributed by atoms with Gasteiger partial charge in [-0.2, -0.15) is 0 Å². The molecule has 2 aromatic rings. The van der Waals surface area contributed by atoms with E-state index in [-0.39, 0.29) is 17.4 Å². The van der Waals surface area contributed by atoms with Crippen molar-refractivity contribution in [3.05, 3.63) is 57.9 Å². The third-order valence-corrected chi connectivity index (χ3v) is 6.83. The van der Waals surface area contributed by atoms with E-state index in [1.165, 1.54) is 6.26 Å². The molecule has 0 aromatic carbocycles. The summed E-state index contributed by atoms with van der Waals surface area (Å²) in [6.07, 6.45) is 5.58. The zero-order chi connectivity index (χ0) is 19.2. The highest BCUT2D eigenvalue weighted by atomic mass is 32.2. The summed E-state index contributed by atoms with van der Waals surface area (Å²) in [5.41, 5.74) is 2.86. The average Bonchev–Trinajstić information content (AvgIpc) is 3.10. The molecule has 0 amide bonds. The molecule has 4 rings (SSSR count). The summed E-state index contributed by atoms with van der Waals surface area (Å²) in [6.45, 7) is 2.84. The zero-order valence-corrected chi connectivity index (χ0v) is 16.5. The van der Waals surface area contributed by atoms with Crippen molar-refractivity contribution in [3.8, 4) is 0 Å². The minimum atomic E-state index is -3.20. The van der Waals surface area contributed by atoms with Crippen LogP contribution in [0.3, 0.4) is 0 Å². The number of fused-ring (bicyclic) bond motifs is 4. The third-order valence-electron chi connectivity index (χ3n) is 5.59. The molecular weight excluding hydrogens is 366 g/mol. The molecule has 4 heterocycles. The van der Waals surface area contributed by atoms with Crippen LogP contribution in [0, 0.1) is 5.92 Å². The van der Waals surface area contributed by atoms with Crippen LogP contribution in [0.25, 0.3) is 0 Å². The summed E-state index contributed by atoms with van der Waals surface area (Å²) in [6, 6.07) is 5.83. The predicted molar refractivity (Wildman–Crippen MR) is 102 cm³/mol. The van der Waals surface area contributed by atoms with Crippen molar-refractivity contribution in [1.82, 2.24) is 13.8 Å². The summed E-state index contributed by atoms with van der Waals surface area (Å²) in [5.74, 6) is 0.292. The van der Waals surface area contributed by atoms with E-state index in [1.54, 1.807) is 16.8 Å². The van der Waals surface area contributed by atoms with E-state index >= 15 is 0 Å². The molecule has 0 unspecified atom stereocenters. The Labute approximate surface area is 159 Å². The lowest BCUT2D eigenvalue weighted by atomic mass is 9.84. The van der Waals surface area contributed by atoms with Gasteiger partial charge in [0.05, 0.1) is 18.8 Å². The maximum absolute atomic E-state index is 13.0. The fourth-order valence-corrected chi connectivity index (χ4v) is 5.31. The molecule has 7 nitrogen and oxygen atoms in total. The number of furan rings is 1. The molecule has 146 valence electrons. The van der Waals surface area contributed by atoms with Crippen LogP contribution in [0.15, 0.2) is 39.9 Å². The smallest absolute Gasteiger partial charge is 0.255 e. The van der Waals surface area contributed by atoms with Crippen molar-refractivity contribution in [1.29, 1.82) is 0 Å². The minimum Gasteiger partial charge on any atom is -0.472 e. The van der Waals surface area contributed by atoms with Crippen molar-refractivity contribution in [2.24, 2.45) is 5.92 Å². The maximum atomic E-state index is 13.0. The molecule has 2 aliphatic rings. The van der Waals surface area contributed by atoms with Gasteiger partial charge in [0.1, 0.15) is 0 Å². The molecule has 0 spiro atoms. The highest BCUT2D eigenvalue weighted by molar-refractivity contribution is 7.88. The first-order valence-electron chi connectivity index (χ1n) is 9.18. The Bertz CT molecular complexity index is 981. The number of rotatable bonds is 5.